The van der Waals surface area contributed by atoms with E-state index in [0.29, 0.717) is 0 Å². The van der Waals surface area contributed by atoms with Gasteiger partial charge in [0, 0.05) is 25.5 Å². The Balaban J connectivity index is 0.000000704. The van der Waals surface area contributed by atoms with E-state index >= 15 is 0 Å². The van der Waals surface area contributed by atoms with Gasteiger partial charge in [0.2, 0.25) is 0 Å². The third-order valence-corrected chi connectivity index (χ3v) is 3.74. The SMILES string of the molecule is CC.CNc1ccc2c(c1)CCc1cc(NC)ccc1-2. The minimum atomic E-state index is 1.13. The van der Waals surface area contributed by atoms with Gasteiger partial charge in [-0.2, -0.15) is 0 Å². The van der Waals surface area contributed by atoms with Crippen molar-refractivity contribution in [3.8, 4) is 11.1 Å². The maximum Gasteiger partial charge on any atom is 0.0340 e. The highest BCUT2D eigenvalue weighted by atomic mass is 14.8. The molecule has 0 bridgehead atoms. The van der Waals surface area contributed by atoms with Crippen LogP contribution in [0.15, 0.2) is 36.4 Å². The summed E-state index contributed by atoms with van der Waals surface area (Å²) in [5.74, 6) is 0. The Morgan fingerprint density at radius 2 is 1.10 bits per heavy atom. The second-order valence-electron chi connectivity index (χ2n) is 4.74. The number of aryl methyl sites for hydroxylation is 2. The van der Waals surface area contributed by atoms with Gasteiger partial charge < -0.3 is 10.6 Å². The molecule has 106 valence electrons. The number of fused-ring (bicyclic) bond motifs is 3. The molecule has 0 amide bonds. The van der Waals surface area contributed by atoms with Crippen molar-refractivity contribution in [2.45, 2.75) is 26.7 Å². The van der Waals surface area contributed by atoms with Gasteiger partial charge in [-0.25, -0.2) is 0 Å². The van der Waals surface area contributed by atoms with E-state index in [1.807, 2.05) is 27.9 Å². The summed E-state index contributed by atoms with van der Waals surface area (Å²) in [7, 11) is 3.94. The van der Waals surface area contributed by atoms with Gasteiger partial charge in [0.05, 0.1) is 0 Å². The molecule has 2 nitrogen and oxygen atoms in total. The van der Waals surface area contributed by atoms with Gasteiger partial charge in [-0.1, -0.05) is 26.0 Å². The number of hydrogen-bond acceptors (Lipinski definition) is 2. The number of nitrogens with one attached hydrogen (secondary N) is 2. The Bertz CT molecular complexity index is 534. The van der Waals surface area contributed by atoms with E-state index in [2.05, 4.69) is 47.0 Å². The molecule has 0 heterocycles. The molecular formula is C18H24N2. The molecule has 2 aromatic carbocycles. The Morgan fingerprint density at radius 3 is 1.45 bits per heavy atom. The van der Waals surface area contributed by atoms with Crippen LogP contribution in [0.25, 0.3) is 11.1 Å². The Hall–Kier alpha value is -1.96. The van der Waals surface area contributed by atoms with Gasteiger partial charge in [0.1, 0.15) is 0 Å². The lowest BCUT2D eigenvalue weighted by Gasteiger charge is -2.21. The van der Waals surface area contributed by atoms with Crippen LogP contribution in [0.1, 0.15) is 25.0 Å². The Labute approximate surface area is 122 Å². The topological polar surface area (TPSA) is 24.1 Å². The number of rotatable bonds is 2. The van der Waals surface area contributed by atoms with Gasteiger partial charge >= 0.3 is 0 Å². The molecule has 0 spiro atoms. The van der Waals surface area contributed by atoms with Crippen LogP contribution in [0.5, 0.6) is 0 Å². The summed E-state index contributed by atoms with van der Waals surface area (Å²) in [6.07, 6.45) is 2.26. The first-order valence-electron chi connectivity index (χ1n) is 7.43. The second kappa shape index (κ2) is 6.47. The van der Waals surface area contributed by atoms with E-state index in [0.717, 1.165) is 12.8 Å². The third-order valence-electron chi connectivity index (χ3n) is 3.74. The Kier molecular flexibility index (Phi) is 4.67. The molecule has 0 saturated carbocycles. The lowest BCUT2D eigenvalue weighted by Crippen LogP contribution is -2.05. The highest BCUT2D eigenvalue weighted by Gasteiger charge is 2.16. The van der Waals surface area contributed by atoms with Crippen molar-refractivity contribution in [3.05, 3.63) is 47.5 Å². The van der Waals surface area contributed by atoms with E-state index in [-0.39, 0.29) is 0 Å². The van der Waals surface area contributed by atoms with Crippen molar-refractivity contribution in [1.29, 1.82) is 0 Å². The van der Waals surface area contributed by atoms with Crippen molar-refractivity contribution >= 4 is 11.4 Å². The predicted octanol–water partition coefficient (Wildman–Crippen LogP) is 4.56. The minimum absolute atomic E-state index is 1.13. The first-order chi connectivity index (χ1) is 9.81. The zero-order valence-corrected chi connectivity index (χ0v) is 12.9. The molecule has 0 aromatic heterocycles. The molecule has 1 aliphatic carbocycles. The molecular weight excluding hydrogens is 244 g/mol. The summed E-state index contributed by atoms with van der Waals surface area (Å²) >= 11 is 0. The summed E-state index contributed by atoms with van der Waals surface area (Å²) < 4.78 is 0. The van der Waals surface area contributed by atoms with E-state index in [9.17, 15) is 0 Å². The number of hydrogen-bond donors (Lipinski definition) is 2. The molecule has 0 unspecified atom stereocenters. The molecule has 0 fully saturated rings. The number of benzene rings is 2. The zero-order chi connectivity index (χ0) is 14.5. The average molecular weight is 268 g/mol. The standard InChI is InChI=1S/C16H18N2.C2H6/c1-17-13-5-7-15-11(9-13)3-4-12-10-14(18-2)6-8-16(12)15;1-2/h5-10,17-18H,3-4H2,1-2H3;1-2H3. The second-order valence-corrected chi connectivity index (χ2v) is 4.74. The fraction of sp³-hybridized carbons (Fsp3) is 0.333. The number of anilines is 2. The van der Waals surface area contributed by atoms with Gasteiger partial charge in [0.15, 0.2) is 0 Å². The zero-order valence-electron chi connectivity index (χ0n) is 12.9. The van der Waals surface area contributed by atoms with Gasteiger partial charge in [-0.15, -0.1) is 0 Å². The minimum Gasteiger partial charge on any atom is -0.388 e. The summed E-state index contributed by atoms with van der Waals surface area (Å²) in [6.45, 7) is 4.00. The van der Waals surface area contributed by atoms with E-state index in [1.165, 1.54) is 33.6 Å². The molecule has 20 heavy (non-hydrogen) atoms. The van der Waals surface area contributed by atoms with Crippen LogP contribution in [0.2, 0.25) is 0 Å². The summed E-state index contributed by atoms with van der Waals surface area (Å²) in [4.78, 5) is 0. The quantitative estimate of drug-likeness (QED) is 0.834. The van der Waals surface area contributed by atoms with Crippen LogP contribution in [0.4, 0.5) is 11.4 Å². The van der Waals surface area contributed by atoms with E-state index < -0.39 is 0 Å². The average Bonchev–Trinajstić information content (AvgIpc) is 2.55. The predicted molar refractivity (Wildman–Crippen MR) is 89.7 cm³/mol. The fourth-order valence-corrected chi connectivity index (χ4v) is 2.71. The molecule has 0 radical (unpaired) electrons. The largest absolute Gasteiger partial charge is 0.388 e. The van der Waals surface area contributed by atoms with Crippen LogP contribution in [-0.4, -0.2) is 14.1 Å². The first kappa shape index (κ1) is 14.4. The van der Waals surface area contributed by atoms with Crippen molar-refractivity contribution < 1.29 is 0 Å². The van der Waals surface area contributed by atoms with Gasteiger partial charge in [-0.05, 0) is 59.4 Å². The van der Waals surface area contributed by atoms with Crippen molar-refractivity contribution in [1.82, 2.24) is 0 Å². The Morgan fingerprint density at radius 1 is 0.700 bits per heavy atom. The van der Waals surface area contributed by atoms with Crippen molar-refractivity contribution in [3.63, 3.8) is 0 Å². The molecule has 0 saturated heterocycles. The maximum absolute atomic E-state index is 3.21. The summed E-state index contributed by atoms with van der Waals surface area (Å²) in [5, 5.41) is 6.42. The highest BCUT2D eigenvalue weighted by molar-refractivity contribution is 5.76. The van der Waals surface area contributed by atoms with Crippen molar-refractivity contribution in [2.24, 2.45) is 0 Å². The lowest BCUT2D eigenvalue weighted by molar-refractivity contribution is 0.942. The van der Waals surface area contributed by atoms with Crippen LogP contribution >= 0.6 is 0 Å². The van der Waals surface area contributed by atoms with E-state index in [1.54, 1.807) is 0 Å². The van der Waals surface area contributed by atoms with Crippen LogP contribution in [-0.2, 0) is 12.8 Å². The van der Waals surface area contributed by atoms with Crippen LogP contribution in [0, 0.1) is 0 Å². The smallest absolute Gasteiger partial charge is 0.0340 e. The molecule has 0 aliphatic heterocycles. The van der Waals surface area contributed by atoms with Crippen LogP contribution < -0.4 is 10.6 Å². The molecule has 0 atom stereocenters. The summed E-state index contributed by atoms with van der Waals surface area (Å²) in [5.41, 5.74) is 8.07. The van der Waals surface area contributed by atoms with Crippen molar-refractivity contribution in [2.75, 3.05) is 24.7 Å². The molecule has 3 rings (SSSR count). The third kappa shape index (κ3) is 2.64. The first-order valence-corrected chi connectivity index (χ1v) is 7.43. The maximum atomic E-state index is 3.21. The monoisotopic (exact) mass is 268 g/mol. The molecule has 2 heteroatoms. The lowest BCUT2D eigenvalue weighted by atomic mass is 9.85. The molecule has 2 aromatic rings. The summed E-state index contributed by atoms with van der Waals surface area (Å²) in [6, 6.07) is 13.3. The van der Waals surface area contributed by atoms with Gasteiger partial charge in [-0.3, -0.25) is 0 Å². The van der Waals surface area contributed by atoms with Crippen LogP contribution in [0.3, 0.4) is 0 Å². The normalized spacial score (nSPS) is 11.6. The fourth-order valence-electron chi connectivity index (χ4n) is 2.71. The van der Waals surface area contributed by atoms with Gasteiger partial charge in [0.25, 0.3) is 0 Å². The highest BCUT2D eigenvalue weighted by Crippen LogP contribution is 2.36. The molecule has 1 aliphatic rings. The van der Waals surface area contributed by atoms with E-state index in [4.69, 9.17) is 0 Å². The molecule has 2 N–H and O–H groups in total.